The quantitative estimate of drug-likeness (QED) is 0.670. The number of nitrogens with zero attached hydrogens (tertiary/aromatic N) is 3. The highest BCUT2D eigenvalue weighted by Crippen LogP contribution is 2.15. The Morgan fingerprint density at radius 2 is 2.00 bits per heavy atom. The maximum absolute atomic E-state index is 11.8. The first-order valence-corrected chi connectivity index (χ1v) is 5.85. The molecule has 94 valence electrons. The molecule has 0 fully saturated rings. The van der Waals surface area contributed by atoms with Crippen molar-refractivity contribution >= 4 is 5.78 Å². The highest BCUT2D eigenvalue weighted by atomic mass is 16.3. The van der Waals surface area contributed by atoms with E-state index >= 15 is 0 Å². The lowest BCUT2D eigenvalue weighted by atomic mass is 10.2. The van der Waals surface area contributed by atoms with Gasteiger partial charge in [-0.05, 0) is 12.1 Å². The lowest BCUT2D eigenvalue weighted by molar-refractivity contribution is 0.0939. The second-order valence-electron chi connectivity index (χ2n) is 4.07. The molecule has 5 heteroatoms. The Bertz CT molecular complexity index is 672. The third-order valence-corrected chi connectivity index (χ3v) is 2.71. The van der Waals surface area contributed by atoms with Crippen LogP contribution < -0.4 is 0 Å². The zero-order valence-corrected chi connectivity index (χ0v) is 10.1. The fourth-order valence-corrected chi connectivity index (χ4v) is 1.78. The van der Waals surface area contributed by atoms with Crippen molar-refractivity contribution in [3.05, 3.63) is 60.7 Å². The second kappa shape index (κ2) is 4.89. The van der Waals surface area contributed by atoms with Gasteiger partial charge in [0, 0.05) is 5.56 Å². The Morgan fingerprint density at radius 1 is 1.16 bits per heavy atom. The van der Waals surface area contributed by atoms with Crippen LogP contribution in [0, 0.1) is 0 Å². The van der Waals surface area contributed by atoms with Crippen molar-refractivity contribution in [1.29, 1.82) is 0 Å². The molecule has 0 aliphatic carbocycles. The molecule has 0 saturated carbocycles. The van der Waals surface area contributed by atoms with E-state index < -0.39 is 0 Å². The predicted molar refractivity (Wildman–Crippen MR) is 68.5 cm³/mol. The lowest BCUT2D eigenvalue weighted by Gasteiger charge is -1.96. The van der Waals surface area contributed by atoms with Crippen LogP contribution in [0.3, 0.4) is 0 Å². The van der Waals surface area contributed by atoms with E-state index in [1.54, 1.807) is 18.3 Å². The maximum Gasteiger partial charge on any atom is 0.219 e. The van der Waals surface area contributed by atoms with Crippen molar-refractivity contribution in [2.75, 3.05) is 0 Å². The Kier molecular flexibility index (Phi) is 2.94. The van der Waals surface area contributed by atoms with Crippen molar-refractivity contribution in [2.45, 2.75) is 6.54 Å². The highest BCUT2D eigenvalue weighted by Gasteiger charge is 2.11. The predicted octanol–water partition coefficient (Wildman–Crippen LogP) is 2.42. The highest BCUT2D eigenvalue weighted by molar-refractivity contribution is 5.93. The van der Waals surface area contributed by atoms with Crippen molar-refractivity contribution in [3.63, 3.8) is 0 Å². The molecular weight excluding hydrogens is 242 g/mol. The average Bonchev–Trinajstić information content (AvgIpc) is 3.11. The van der Waals surface area contributed by atoms with Gasteiger partial charge in [0.05, 0.1) is 12.5 Å². The molecule has 0 aliphatic heterocycles. The fourth-order valence-electron chi connectivity index (χ4n) is 1.78. The van der Waals surface area contributed by atoms with Crippen LogP contribution >= 0.6 is 0 Å². The van der Waals surface area contributed by atoms with E-state index in [1.807, 2.05) is 30.3 Å². The number of rotatable bonds is 4. The molecule has 5 nitrogen and oxygen atoms in total. The molecule has 0 atom stereocenters. The summed E-state index contributed by atoms with van der Waals surface area (Å²) in [6, 6.07) is 13.0. The molecule has 0 spiro atoms. The van der Waals surface area contributed by atoms with Crippen LogP contribution in [0.4, 0.5) is 0 Å². The lowest BCUT2D eigenvalue weighted by Crippen LogP contribution is -2.10. The summed E-state index contributed by atoms with van der Waals surface area (Å²) < 4.78 is 6.56. The molecule has 2 heterocycles. The number of benzene rings is 1. The first-order chi connectivity index (χ1) is 9.33. The topological polar surface area (TPSA) is 60.9 Å². The van der Waals surface area contributed by atoms with Gasteiger partial charge in [-0.2, -0.15) is 0 Å². The number of aromatic nitrogens is 3. The monoisotopic (exact) mass is 253 g/mol. The van der Waals surface area contributed by atoms with E-state index in [-0.39, 0.29) is 12.3 Å². The van der Waals surface area contributed by atoms with Gasteiger partial charge in [-0.15, -0.1) is 5.10 Å². The molecule has 2 aromatic heterocycles. The Balaban J connectivity index is 1.77. The largest absolute Gasteiger partial charge is 0.461 e. The van der Waals surface area contributed by atoms with Gasteiger partial charge >= 0.3 is 0 Å². The molecule has 0 bridgehead atoms. The van der Waals surface area contributed by atoms with E-state index in [0.717, 1.165) is 11.3 Å². The zero-order chi connectivity index (χ0) is 13.1. The molecule has 0 unspecified atom stereocenters. The standard InChI is InChI=1S/C14H11N3O2/c18-13(14-7-4-8-19-14)10-17-9-12(15-16-17)11-5-2-1-3-6-11/h1-9H,10H2. The van der Waals surface area contributed by atoms with Gasteiger partial charge in [0.15, 0.2) is 5.76 Å². The van der Waals surface area contributed by atoms with Crippen LogP contribution in [-0.4, -0.2) is 20.8 Å². The minimum atomic E-state index is -0.130. The van der Waals surface area contributed by atoms with Gasteiger partial charge in [-0.25, -0.2) is 4.68 Å². The normalized spacial score (nSPS) is 10.5. The summed E-state index contributed by atoms with van der Waals surface area (Å²) in [4.78, 5) is 11.8. The van der Waals surface area contributed by atoms with Crippen molar-refractivity contribution in [2.24, 2.45) is 0 Å². The number of ketones is 1. The first-order valence-electron chi connectivity index (χ1n) is 5.85. The van der Waals surface area contributed by atoms with E-state index in [2.05, 4.69) is 10.3 Å². The summed E-state index contributed by atoms with van der Waals surface area (Å²) in [6.45, 7) is 0.118. The van der Waals surface area contributed by atoms with Gasteiger partial charge in [0.1, 0.15) is 12.2 Å². The molecule has 3 rings (SSSR count). The SMILES string of the molecule is O=C(Cn1cc(-c2ccccc2)nn1)c1ccco1. The second-order valence-corrected chi connectivity index (χ2v) is 4.07. The van der Waals surface area contributed by atoms with Crippen LogP contribution in [0.5, 0.6) is 0 Å². The summed E-state index contributed by atoms with van der Waals surface area (Å²) in [5.74, 6) is 0.200. The van der Waals surface area contributed by atoms with Crippen LogP contribution in [-0.2, 0) is 6.54 Å². The van der Waals surface area contributed by atoms with Crippen LogP contribution in [0.25, 0.3) is 11.3 Å². The maximum atomic E-state index is 11.8. The van der Waals surface area contributed by atoms with Crippen LogP contribution in [0.1, 0.15) is 10.6 Å². The minimum Gasteiger partial charge on any atom is -0.461 e. The Hall–Kier alpha value is -2.69. The third-order valence-electron chi connectivity index (χ3n) is 2.71. The van der Waals surface area contributed by atoms with Gasteiger partial charge in [0.2, 0.25) is 5.78 Å². The van der Waals surface area contributed by atoms with E-state index in [0.29, 0.717) is 5.76 Å². The van der Waals surface area contributed by atoms with Crippen LogP contribution in [0.2, 0.25) is 0 Å². The molecule has 0 radical (unpaired) electrons. The van der Waals surface area contributed by atoms with Gasteiger partial charge in [0.25, 0.3) is 0 Å². The number of carbonyl (C=O) groups is 1. The van der Waals surface area contributed by atoms with Gasteiger partial charge < -0.3 is 4.42 Å². The summed E-state index contributed by atoms with van der Waals surface area (Å²) in [7, 11) is 0. The first kappa shape index (κ1) is 11.4. The molecule has 0 amide bonds. The number of hydrogen-bond donors (Lipinski definition) is 0. The van der Waals surface area contributed by atoms with Gasteiger partial charge in [-0.3, -0.25) is 4.79 Å². The zero-order valence-electron chi connectivity index (χ0n) is 10.1. The van der Waals surface area contributed by atoms with Gasteiger partial charge in [-0.1, -0.05) is 35.5 Å². The molecule has 1 aromatic carbocycles. The van der Waals surface area contributed by atoms with Crippen molar-refractivity contribution in [3.8, 4) is 11.3 Å². The number of Topliss-reactive ketones (excluding diaryl/α,β-unsaturated/α-hetero) is 1. The van der Waals surface area contributed by atoms with E-state index in [1.165, 1.54) is 10.9 Å². The molecule has 19 heavy (non-hydrogen) atoms. The molecule has 0 N–H and O–H groups in total. The number of hydrogen-bond acceptors (Lipinski definition) is 4. The minimum absolute atomic E-state index is 0.118. The van der Waals surface area contributed by atoms with Crippen LogP contribution in [0.15, 0.2) is 59.3 Å². The Morgan fingerprint density at radius 3 is 2.74 bits per heavy atom. The summed E-state index contributed by atoms with van der Waals surface area (Å²) in [6.07, 6.45) is 3.22. The number of furan rings is 1. The molecule has 3 aromatic rings. The molecular formula is C14H11N3O2. The number of carbonyl (C=O) groups excluding carboxylic acids is 1. The summed E-state index contributed by atoms with van der Waals surface area (Å²) in [5, 5.41) is 8.00. The summed E-state index contributed by atoms with van der Waals surface area (Å²) >= 11 is 0. The summed E-state index contributed by atoms with van der Waals surface area (Å²) in [5.41, 5.74) is 1.71. The third kappa shape index (κ3) is 2.44. The Labute approximate surface area is 109 Å². The molecule has 0 aliphatic rings. The van der Waals surface area contributed by atoms with Crippen molar-refractivity contribution < 1.29 is 9.21 Å². The molecule has 0 saturated heterocycles. The fraction of sp³-hybridized carbons (Fsp3) is 0.0714. The van der Waals surface area contributed by atoms with E-state index in [4.69, 9.17) is 4.42 Å². The van der Waals surface area contributed by atoms with Crippen molar-refractivity contribution in [1.82, 2.24) is 15.0 Å². The smallest absolute Gasteiger partial charge is 0.219 e. The van der Waals surface area contributed by atoms with E-state index in [9.17, 15) is 4.79 Å². The average molecular weight is 253 g/mol.